The molecule has 0 saturated heterocycles. The zero-order valence-electron chi connectivity index (χ0n) is 13.0. The van der Waals surface area contributed by atoms with E-state index in [4.69, 9.17) is 0 Å². The molecule has 0 aliphatic carbocycles. The first kappa shape index (κ1) is 17.8. The molecule has 1 unspecified atom stereocenters. The molecule has 5 nitrogen and oxygen atoms in total. The molecule has 0 aromatic heterocycles. The van der Waals surface area contributed by atoms with Gasteiger partial charge in [0.1, 0.15) is 0 Å². The third-order valence-corrected chi connectivity index (χ3v) is 4.40. The van der Waals surface area contributed by atoms with Crippen molar-refractivity contribution in [3.05, 3.63) is 86.9 Å². The summed E-state index contributed by atoms with van der Waals surface area (Å²) in [6.07, 6.45) is 0. The molecule has 2 N–H and O–H groups in total. The van der Waals surface area contributed by atoms with Crippen LogP contribution in [0.15, 0.2) is 92.0 Å². The maximum absolute atomic E-state index is 12.2. The molecule has 25 heavy (non-hydrogen) atoms. The third-order valence-electron chi connectivity index (χ3n) is 3.34. The summed E-state index contributed by atoms with van der Waals surface area (Å²) < 4.78 is 1.96. The highest BCUT2D eigenvalue weighted by atomic mass is 79.9. The number of hydrogen-bond acceptors (Lipinski definition) is 4. The van der Waals surface area contributed by atoms with Crippen molar-refractivity contribution in [2.45, 2.75) is 0 Å². The first-order valence-corrected chi connectivity index (χ1v) is 9.03. The van der Waals surface area contributed by atoms with Crippen LogP contribution in [0, 0.1) is 5.21 Å². The number of quaternary nitrogens is 1. The smallest absolute Gasteiger partial charge is 0.155 e. The zero-order valence-corrected chi connectivity index (χ0v) is 16.2. The number of azo groups is 1. The SMILES string of the molecule is [O-][NH+](Nc1ccc(Br)cc1)c1ccc(N=Nc2ccc(Br)cc2)cc1. The maximum atomic E-state index is 12.2. The molecule has 0 aliphatic heterocycles. The minimum absolute atomic E-state index is 0.168. The summed E-state index contributed by atoms with van der Waals surface area (Å²) in [5.74, 6) is 0. The van der Waals surface area contributed by atoms with Gasteiger partial charge in [-0.05, 0) is 60.7 Å². The largest absolute Gasteiger partial charge is 0.603 e. The quantitative estimate of drug-likeness (QED) is 0.379. The fourth-order valence-corrected chi connectivity index (χ4v) is 2.57. The van der Waals surface area contributed by atoms with E-state index < -0.39 is 0 Å². The van der Waals surface area contributed by atoms with Gasteiger partial charge in [-0.3, -0.25) is 0 Å². The van der Waals surface area contributed by atoms with Crippen LogP contribution in [-0.4, -0.2) is 0 Å². The molecule has 3 aromatic rings. The standard InChI is InChI=1S/C18H14Br2N4O/c19-13-1-5-15(6-2-13)21-22-16-9-11-18(12-10-16)24(25)23-17-7-3-14(20)4-8-17/h1-12,23-24H. The van der Waals surface area contributed by atoms with Gasteiger partial charge in [0.05, 0.1) is 17.1 Å². The molecule has 0 fully saturated rings. The summed E-state index contributed by atoms with van der Waals surface area (Å²) >= 11 is 6.74. The number of anilines is 1. The Morgan fingerprint density at radius 3 is 1.64 bits per heavy atom. The minimum Gasteiger partial charge on any atom is -0.603 e. The number of nitrogens with one attached hydrogen (secondary N) is 2. The highest BCUT2D eigenvalue weighted by molar-refractivity contribution is 9.10. The van der Waals surface area contributed by atoms with Crippen molar-refractivity contribution in [1.29, 1.82) is 0 Å². The van der Waals surface area contributed by atoms with E-state index in [1.807, 2.05) is 48.5 Å². The van der Waals surface area contributed by atoms with E-state index in [0.29, 0.717) is 11.4 Å². The minimum atomic E-state index is -0.168. The summed E-state index contributed by atoms with van der Waals surface area (Å²) in [6, 6.07) is 22.0. The van der Waals surface area contributed by atoms with E-state index in [9.17, 15) is 5.21 Å². The van der Waals surface area contributed by atoms with Crippen LogP contribution in [-0.2, 0) is 0 Å². The highest BCUT2D eigenvalue weighted by Crippen LogP contribution is 2.21. The molecule has 0 heterocycles. The van der Waals surface area contributed by atoms with Crippen LogP contribution in [0.3, 0.4) is 0 Å². The number of hydrogen-bond donors (Lipinski definition) is 2. The van der Waals surface area contributed by atoms with E-state index in [2.05, 4.69) is 47.5 Å². The van der Waals surface area contributed by atoms with Crippen molar-refractivity contribution in [3.63, 3.8) is 0 Å². The Bertz CT molecular complexity index is 850. The van der Waals surface area contributed by atoms with Gasteiger partial charge in [-0.25, -0.2) is 10.6 Å². The zero-order chi connectivity index (χ0) is 17.6. The normalized spacial score (nSPS) is 12.3. The van der Waals surface area contributed by atoms with Crippen LogP contribution in [0.1, 0.15) is 0 Å². The topological polar surface area (TPSA) is 64.2 Å². The molecule has 0 bridgehead atoms. The van der Waals surface area contributed by atoms with Crippen molar-refractivity contribution >= 4 is 54.6 Å². The van der Waals surface area contributed by atoms with Crippen LogP contribution in [0.5, 0.6) is 0 Å². The highest BCUT2D eigenvalue weighted by Gasteiger charge is 2.03. The summed E-state index contributed by atoms with van der Waals surface area (Å²) in [7, 11) is 0. The van der Waals surface area contributed by atoms with Gasteiger partial charge in [0, 0.05) is 21.1 Å². The lowest BCUT2D eigenvalue weighted by Crippen LogP contribution is -3.05. The van der Waals surface area contributed by atoms with E-state index >= 15 is 0 Å². The van der Waals surface area contributed by atoms with Crippen LogP contribution in [0.25, 0.3) is 0 Å². The second-order valence-corrected chi connectivity index (χ2v) is 7.02. The molecule has 1 atom stereocenters. The second kappa shape index (κ2) is 8.35. The Balaban J connectivity index is 1.64. The van der Waals surface area contributed by atoms with Crippen molar-refractivity contribution in [2.75, 3.05) is 5.43 Å². The molecule has 0 amide bonds. The summed E-state index contributed by atoms with van der Waals surface area (Å²) in [5.41, 5.74) is 5.60. The Labute approximate surface area is 162 Å². The molecule has 3 rings (SSSR count). The van der Waals surface area contributed by atoms with Gasteiger partial charge in [-0.1, -0.05) is 31.9 Å². The third kappa shape index (κ3) is 5.20. The first-order valence-electron chi connectivity index (χ1n) is 7.44. The second-order valence-electron chi connectivity index (χ2n) is 5.18. The van der Waals surface area contributed by atoms with Gasteiger partial charge in [0.2, 0.25) is 0 Å². The van der Waals surface area contributed by atoms with Gasteiger partial charge in [0.25, 0.3) is 0 Å². The number of nitrogens with zero attached hydrogens (tertiary/aromatic N) is 2. The van der Waals surface area contributed by atoms with Gasteiger partial charge < -0.3 is 5.21 Å². The number of benzene rings is 3. The monoisotopic (exact) mass is 460 g/mol. The molecule has 3 aromatic carbocycles. The Morgan fingerprint density at radius 1 is 0.680 bits per heavy atom. The molecular formula is C18H14Br2N4O. The van der Waals surface area contributed by atoms with E-state index in [0.717, 1.165) is 20.3 Å². The van der Waals surface area contributed by atoms with E-state index in [1.54, 1.807) is 24.3 Å². The molecule has 7 heteroatoms. The average molecular weight is 462 g/mol. The van der Waals surface area contributed by atoms with Gasteiger partial charge in [-0.15, -0.1) is 0 Å². The Morgan fingerprint density at radius 2 is 1.12 bits per heavy atom. The first-order chi connectivity index (χ1) is 12.1. The molecule has 0 spiro atoms. The average Bonchev–Trinajstić information content (AvgIpc) is 2.63. The summed E-state index contributed by atoms with van der Waals surface area (Å²) in [6.45, 7) is 0. The van der Waals surface area contributed by atoms with E-state index in [1.165, 1.54) is 0 Å². The fraction of sp³-hybridized carbons (Fsp3) is 0. The fourth-order valence-electron chi connectivity index (χ4n) is 2.04. The van der Waals surface area contributed by atoms with Crippen molar-refractivity contribution in [2.24, 2.45) is 10.2 Å². The van der Waals surface area contributed by atoms with Crippen LogP contribution < -0.4 is 10.6 Å². The Hall–Kier alpha value is -2.06. The lowest BCUT2D eigenvalue weighted by molar-refractivity contribution is -0.749. The maximum Gasteiger partial charge on any atom is 0.155 e. The van der Waals surface area contributed by atoms with Crippen molar-refractivity contribution in [3.8, 4) is 0 Å². The lowest BCUT2D eigenvalue weighted by atomic mass is 10.3. The molecule has 126 valence electrons. The van der Waals surface area contributed by atoms with E-state index in [-0.39, 0.29) is 5.17 Å². The van der Waals surface area contributed by atoms with Crippen LogP contribution >= 0.6 is 31.9 Å². The van der Waals surface area contributed by atoms with Crippen molar-refractivity contribution in [1.82, 2.24) is 0 Å². The Kier molecular flexibility index (Phi) is 5.93. The molecular weight excluding hydrogens is 448 g/mol. The predicted molar refractivity (Wildman–Crippen MR) is 107 cm³/mol. The lowest BCUT2D eigenvalue weighted by Gasteiger charge is -2.22. The summed E-state index contributed by atoms with van der Waals surface area (Å²) in [4.78, 5) is 0. The number of rotatable bonds is 5. The molecule has 0 aliphatic rings. The van der Waals surface area contributed by atoms with Crippen LogP contribution in [0.2, 0.25) is 0 Å². The van der Waals surface area contributed by atoms with Crippen LogP contribution in [0.4, 0.5) is 22.7 Å². The molecule has 0 saturated carbocycles. The van der Waals surface area contributed by atoms with Crippen molar-refractivity contribution < 1.29 is 5.17 Å². The summed E-state index contributed by atoms with van der Waals surface area (Å²) in [5, 5.41) is 20.4. The van der Waals surface area contributed by atoms with Gasteiger partial charge in [0.15, 0.2) is 5.69 Å². The van der Waals surface area contributed by atoms with Gasteiger partial charge in [-0.2, -0.15) is 10.2 Å². The molecule has 0 radical (unpaired) electrons. The number of halogens is 2. The predicted octanol–water partition coefficient (Wildman–Crippen LogP) is 5.67. The van der Waals surface area contributed by atoms with Gasteiger partial charge >= 0.3 is 0 Å².